The van der Waals surface area contributed by atoms with Crippen molar-refractivity contribution in [1.29, 1.82) is 0 Å². The van der Waals surface area contributed by atoms with Gasteiger partial charge in [-0.2, -0.15) is 0 Å². The van der Waals surface area contributed by atoms with Gasteiger partial charge in [-0.1, -0.05) is 11.6 Å². The van der Waals surface area contributed by atoms with Crippen molar-refractivity contribution in [2.24, 2.45) is 0 Å². The molecule has 2 rings (SSSR count). The molecule has 0 atom stereocenters. The van der Waals surface area contributed by atoms with E-state index in [1.165, 1.54) is 7.11 Å². The Kier molecular flexibility index (Phi) is 2.61. The number of ether oxygens (including phenoxy) is 1. The first-order chi connectivity index (χ1) is 7.61. The zero-order valence-corrected chi connectivity index (χ0v) is 9.54. The maximum absolute atomic E-state index is 11.4. The van der Waals surface area contributed by atoms with Crippen molar-refractivity contribution in [2.45, 2.75) is 18.4 Å². The minimum atomic E-state index is -0.451. The van der Waals surface area contributed by atoms with Gasteiger partial charge in [-0.3, -0.25) is 0 Å². The van der Waals surface area contributed by atoms with E-state index in [1.54, 1.807) is 18.2 Å². The predicted molar refractivity (Wildman–Crippen MR) is 60.3 cm³/mol. The molecule has 0 N–H and O–H groups in total. The highest BCUT2D eigenvalue weighted by atomic mass is 35.5. The molecule has 0 unspecified atom stereocenters. The van der Waals surface area contributed by atoms with E-state index in [2.05, 4.69) is 9.58 Å². The molecule has 1 aromatic carbocycles. The van der Waals surface area contributed by atoms with Crippen molar-refractivity contribution in [3.8, 4) is 0 Å². The smallest absolute Gasteiger partial charge is 0.337 e. The molecule has 1 fully saturated rings. The first-order valence-electron chi connectivity index (χ1n) is 4.89. The van der Waals surface area contributed by atoms with Crippen LogP contribution >= 0.6 is 11.6 Å². The molecule has 1 aliphatic rings. The van der Waals surface area contributed by atoms with Crippen LogP contribution < -0.4 is 0 Å². The van der Waals surface area contributed by atoms with Crippen LogP contribution in [0.3, 0.4) is 0 Å². The summed E-state index contributed by atoms with van der Waals surface area (Å²) >= 11 is 5.93. The van der Waals surface area contributed by atoms with E-state index in [-0.39, 0.29) is 0 Å². The van der Waals surface area contributed by atoms with Crippen molar-refractivity contribution in [2.75, 3.05) is 7.11 Å². The average Bonchev–Trinajstić information content (AvgIpc) is 3.08. The van der Waals surface area contributed by atoms with Gasteiger partial charge >= 0.3 is 5.97 Å². The van der Waals surface area contributed by atoms with Crippen LogP contribution in [0.2, 0.25) is 5.02 Å². The number of hydrogen-bond acceptors (Lipinski definition) is 2. The summed E-state index contributed by atoms with van der Waals surface area (Å²) in [6.07, 6.45) is 1.66. The van der Waals surface area contributed by atoms with Crippen molar-refractivity contribution in [3.63, 3.8) is 0 Å². The largest absolute Gasteiger partial charge is 0.465 e. The van der Waals surface area contributed by atoms with E-state index in [9.17, 15) is 4.79 Å². The highest BCUT2D eigenvalue weighted by Gasteiger charge is 2.52. The topological polar surface area (TPSA) is 30.7 Å². The summed E-state index contributed by atoms with van der Waals surface area (Å²) in [5, 5.41) is 0.466. The molecular formula is C12H10ClNO2. The van der Waals surface area contributed by atoms with Crippen LogP contribution in [0.4, 0.5) is 0 Å². The van der Waals surface area contributed by atoms with Crippen LogP contribution in [0, 0.1) is 6.57 Å². The Morgan fingerprint density at radius 1 is 1.50 bits per heavy atom. The summed E-state index contributed by atoms with van der Waals surface area (Å²) in [6.45, 7) is 7.16. The lowest BCUT2D eigenvalue weighted by molar-refractivity contribution is 0.0600. The third-order valence-corrected chi connectivity index (χ3v) is 3.01. The fourth-order valence-electron chi connectivity index (χ4n) is 1.68. The first-order valence-corrected chi connectivity index (χ1v) is 5.27. The molecule has 16 heavy (non-hydrogen) atoms. The summed E-state index contributed by atoms with van der Waals surface area (Å²) in [5.41, 5.74) is 0.767. The van der Waals surface area contributed by atoms with Gasteiger partial charge in [0.1, 0.15) is 0 Å². The van der Waals surface area contributed by atoms with Crippen LogP contribution in [0.5, 0.6) is 0 Å². The second kappa shape index (κ2) is 3.80. The normalized spacial score (nSPS) is 16.3. The van der Waals surface area contributed by atoms with Gasteiger partial charge in [0.05, 0.1) is 12.7 Å². The Balaban J connectivity index is 2.45. The number of esters is 1. The van der Waals surface area contributed by atoms with Gasteiger partial charge in [0.2, 0.25) is 0 Å². The third kappa shape index (κ3) is 1.77. The highest BCUT2D eigenvalue weighted by Crippen LogP contribution is 2.50. The van der Waals surface area contributed by atoms with Gasteiger partial charge in [-0.05, 0) is 18.2 Å². The second-order valence-electron chi connectivity index (χ2n) is 3.86. The molecule has 0 bridgehead atoms. The van der Waals surface area contributed by atoms with Crippen molar-refractivity contribution in [1.82, 2.24) is 0 Å². The van der Waals surface area contributed by atoms with Gasteiger partial charge in [0, 0.05) is 23.4 Å². The number of carbonyl (C=O) groups excluding carboxylic acids is 1. The van der Waals surface area contributed by atoms with E-state index in [0.29, 0.717) is 10.6 Å². The van der Waals surface area contributed by atoms with E-state index in [0.717, 1.165) is 18.4 Å². The van der Waals surface area contributed by atoms with E-state index >= 15 is 0 Å². The molecule has 3 nitrogen and oxygen atoms in total. The highest BCUT2D eigenvalue weighted by molar-refractivity contribution is 6.31. The lowest BCUT2D eigenvalue weighted by Crippen LogP contribution is -2.06. The fraction of sp³-hybridized carbons (Fsp3) is 0.333. The summed E-state index contributed by atoms with van der Waals surface area (Å²) in [5.74, 6) is -0.426. The van der Waals surface area contributed by atoms with Gasteiger partial charge in [0.15, 0.2) is 0 Å². The quantitative estimate of drug-likeness (QED) is 0.583. The van der Waals surface area contributed by atoms with Crippen molar-refractivity contribution in [3.05, 3.63) is 45.8 Å². The van der Waals surface area contributed by atoms with Crippen LogP contribution in [0.25, 0.3) is 4.85 Å². The van der Waals surface area contributed by atoms with Gasteiger partial charge < -0.3 is 9.58 Å². The Morgan fingerprint density at radius 2 is 2.19 bits per heavy atom. The van der Waals surface area contributed by atoms with Crippen LogP contribution in [0.1, 0.15) is 28.8 Å². The van der Waals surface area contributed by atoms with E-state index < -0.39 is 11.5 Å². The summed E-state index contributed by atoms with van der Waals surface area (Å²) in [7, 11) is 1.32. The molecule has 4 heteroatoms. The Morgan fingerprint density at radius 3 is 2.69 bits per heavy atom. The summed E-state index contributed by atoms with van der Waals surface area (Å²) in [4.78, 5) is 15.0. The SMILES string of the molecule is [C-]#[N+]C1(c2cc(Cl)cc(C(=O)OC)c2)CC1. The molecule has 0 radical (unpaired) electrons. The van der Waals surface area contributed by atoms with Crippen LogP contribution in [-0.2, 0) is 10.3 Å². The van der Waals surface area contributed by atoms with Gasteiger partial charge in [0.25, 0.3) is 5.54 Å². The number of halogens is 1. The number of benzene rings is 1. The number of hydrogen-bond donors (Lipinski definition) is 0. The van der Waals surface area contributed by atoms with E-state index in [1.807, 2.05) is 0 Å². The molecule has 1 aliphatic carbocycles. The number of methoxy groups -OCH3 is 1. The maximum atomic E-state index is 11.4. The lowest BCUT2D eigenvalue weighted by Gasteiger charge is -2.06. The summed E-state index contributed by atoms with van der Waals surface area (Å²) in [6, 6.07) is 5.00. The van der Waals surface area contributed by atoms with Crippen molar-refractivity contribution >= 4 is 17.6 Å². The zero-order chi connectivity index (χ0) is 11.8. The zero-order valence-electron chi connectivity index (χ0n) is 8.79. The first kappa shape index (κ1) is 11.0. The number of rotatable bonds is 2. The molecule has 1 saturated carbocycles. The van der Waals surface area contributed by atoms with Gasteiger partial charge in [-0.15, -0.1) is 0 Å². The van der Waals surface area contributed by atoms with Crippen molar-refractivity contribution < 1.29 is 9.53 Å². The molecule has 0 saturated heterocycles. The standard InChI is InChI=1S/C12H10ClNO2/c1-14-12(3-4-12)9-5-8(11(15)16-2)6-10(13)7-9/h5-7H,3-4H2,2H3. The number of carbonyl (C=O) groups is 1. The summed E-state index contributed by atoms with van der Waals surface area (Å²) < 4.78 is 4.64. The fourth-order valence-corrected chi connectivity index (χ4v) is 1.91. The third-order valence-electron chi connectivity index (χ3n) is 2.79. The predicted octanol–water partition coefficient (Wildman–Crippen LogP) is 3.03. The molecule has 1 aromatic rings. The number of nitrogens with zero attached hydrogens (tertiary/aromatic N) is 1. The molecule has 0 aromatic heterocycles. The molecule has 0 spiro atoms. The molecule has 0 aliphatic heterocycles. The van der Waals surface area contributed by atoms with Gasteiger partial charge in [-0.25, -0.2) is 11.4 Å². The maximum Gasteiger partial charge on any atom is 0.337 e. The molecule has 0 heterocycles. The van der Waals surface area contributed by atoms with E-state index in [4.69, 9.17) is 18.2 Å². The van der Waals surface area contributed by atoms with Crippen LogP contribution in [-0.4, -0.2) is 13.1 Å². The Bertz CT molecular complexity index is 486. The monoisotopic (exact) mass is 235 g/mol. The molecule has 82 valence electrons. The lowest BCUT2D eigenvalue weighted by atomic mass is 10.0. The minimum Gasteiger partial charge on any atom is -0.465 e. The minimum absolute atomic E-state index is 0.403. The Hall–Kier alpha value is -1.53. The van der Waals surface area contributed by atoms with Crippen LogP contribution in [0.15, 0.2) is 18.2 Å². The average molecular weight is 236 g/mol. The second-order valence-corrected chi connectivity index (χ2v) is 4.30. The molecule has 0 amide bonds. The molecular weight excluding hydrogens is 226 g/mol. The Labute approximate surface area is 98.8 Å².